The minimum absolute atomic E-state index is 0.163. The number of carbonyl (C=O) groups is 1. The number of carbonyl (C=O) groups excluding carboxylic acids is 1. The van der Waals surface area contributed by atoms with Gasteiger partial charge in [0.2, 0.25) is 0 Å². The van der Waals surface area contributed by atoms with Crippen LogP contribution in [0.4, 0.5) is 0 Å². The first-order chi connectivity index (χ1) is 11.7. The van der Waals surface area contributed by atoms with Gasteiger partial charge < -0.3 is 4.90 Å². The van der Waals surface area contributed by atoms with Crippen molar-refractivity contribution < 1.29 is 4.79 Å². The molecule has 6 heteroatoms. The van der Waals surface area contributed by atoms with Gasteiger partial charge in [0.05, 0.1) is 10.6 Å². The molecule has 5 nitrogen and oxygen atoms in total. The smallest absolute Gasteiger partial charge is 0.264 e. The first-order valence-electron chi connectivity index (χ1n) is 8.18. The number of rotatable bonds is 3. The summed E-state index contributed by atoms with van der Waals surface area (Å²) in [6.45, 7) is 4.26. The Morgan fingerprint density at radius 3 is 2.67 bits per heavy atom. The van der Waals surface area contributed by atoms with Crippen molar-refractivity contribution in [2.45, 2.75) is 6.54 Å². The molecule has 0 saturated carbocycles. The van der Waals surface area contributed by atoms with Gasteiger partial charge in [0, 0.05) is 50.7 Å². The zero-order valence-corrected chi connectivity index (χ0v) is 14.5. The molecule has 1 saturated heterocycles. The average molecular weight is 340 g/mol. The number of hydrogen-bond acceptors (Lipinski definition) is 4. The minimum atomic E-state index is 0.163. The molecule has 0 unspecified atom stereocenters. The van der Waals surface area contributed by atoms with Crippen LogP contribution in [0, 0.1) is 0 Å². The van der Waals surface area contributed by atoms with Crippen molar-refractivity contribution in [2.75, 3.05) is 26.2 Å². The molecule has 0 aliphatic carbocycles. The number of aryl methyl sites for hydroxylation is 1. The van der Waals surface area contributed by atoms with E-state index in [1.54, 1.807) is 11.3 Å². The van der Waals surface area contributed by atoms with Crippen LogP contribution < -0.4 is 0 Å². The largest absolute Gasteiger partial charge is 0.335 e. The second-order valence-electron chi connectivity index (χ2n) is 6.16. The van der Waals surface area contributed by atoms with Crippen LogP contribution in [-0.2, 0) is 13.6 Å². The molecular formula is C18H20N4OS. The Labute approximate surface area is 145 Å². The number of piperazine rings is 1. The summed E-state index contributed by atoms with van der Waals surface area (Å²) in [6.07, 6.45) is 1.83. The summed E-state index contributed by atoms with van der Waals surface area (Å²) in [4.78, 5) is 18.0. The van der Waals surface area contributed by atoms with E-state index in [0.29, 0.717) is 0 Å². The lowest BCUT2D eigenvalue weighted by Gasteiger charge is -2.34. The predicted molar refractivity (Wildman–Crippen MR) is 96.2 cm³/mol. The Morgan fingerprint density at radius 1 is 1.17 bits per heavy atom. The van der Waals surface area contributed by atoms with Crippen molar-refractivity contribution in [3.05, 3.63) is 53.2 Å². The molecule has 0 radical (unpaired) electrons. The van der Waals surface area contributed by atoms with Gasteiger partial charge in [-0.25, -0.2) is 0 Å². The number of thiophene rings is 1. The molecule has 2 aromatic heterocycles. The van der Waals surface area contributed by atoms with E-state index in [-0.39, 0.29) is 5.91 Å². The monoisotopic (exact) mass is 340 g/mol. The van der Waals surface area contributed by atoms with E-state index in [9.17, 15) is 4.79 Å². The fourth-order valence-electron chi connectivity index (χ4n) is 3.14. The highest BCUT2D eigenvalue weighted by atomic mass is 32.1. The Bertz CT molecular complexity index is 828. The predicted octanol–water partition coefficient (Wildman–Crippen LogP) is 2.59. The molecule has 1 aliphatic heterocycles. The van der Waals surface area contributed by atoms with E-state index >= 15 is 0 Å². The fraction of sp³-hybridized carbons (Fsp3) is 0.333. The molecule has 0 bridgehead atoms. The molecular weight excluding hydrogens is 320 g/mol. The van der Waals surface area contributed by atoms with Crippen LogP contribution in [0.3, 0.4) is 0 Å². The molecule has 124 valence electrons. The van der Waals surface area contributed by atoms with Crippen LogP contribution in [0.25, 0.3) is 10.1 Å². The zero-order valence-electron chi connectivity index (χ0n) is 13.7. The van der Waals surface area contributed by atoms with E-state index in [4.69, 9.17) is 0 Å². The normalized spacial score (nSPS) is 16.0. The number of nitrogens with zero attached hydrogens (tertiary/aromatic N) is 4. The molecule has 1 aliphatic rings. The van der Waals surface area contributed by atoms with Crippen molar-refractivity contribution in [1.29, 1.82) is 0 Å². The Hall–Kier alpha value is -2.18. The summed E-state index contributed by atoms with van der Waals surface area (Å²) in [6, 6.07) is 12.2. The summed E-state index contributed by atoms with van der Waals surface area (Å²) in [5.74, 6) is 0.163. The van der Waals surface area contributed by atoms with Gasteiger partial charge in [0.25, 0.3) is 5.91 Å². The van der Waals surface area contributed by atoms with E-state index in [2.05, 4.69) is 28.2 Å². The SMILES string of the molecule is Cn1nccc1CN1CCN(C(=O)c2cc3ccccc3s2)CC1. The Balaban J connectivity index is 1.40. The lowest BCUT2D eigenvalue weighted by molar-refractivity contribution is 0.0630. The van der Waals surface area contributed by atoms with E-state index in [0.717, 1.165) is 43.0 Å². The number of benzene rings is 1. The number of aromatic nitrogens is 2. The molecule has 3 heterocycles. The molecule has 1 aromatic carbocycles. The van der Waals surface area contributed by atoms with Gasteiger partial charge in [-0.05, 0) is 23.6 Å². The molecule has 0 spiro atoms. The van der Waals surface area contributed by atoms with Gasteiger partial charge in [-0.3, -0.25) is 14.4 Å². The second-order valence-corrected chi connectivity index (χ2v) is 7.25. The molecule has 3 aromatic rings. The van der Waals surface area contributed by atoms with E-state index in [1.807, 2.05) is 41.0 Å². The summed E-state index contributed by atoms with van der Waals surface area (Å²) >= 11 is 1.59. The second kappa shape index (κ2) is 6.37. The van der Waals surface area contributed by atoms with Gasteiger partial charge >= 0.3 is 0 Å². The Kier molecular flexibility index (Phi) is 4.08. The van der Waals surface area contributed by atoms with Crippen molar-refractivity contribution in [2.24, 2.45) is 7.05 Å². The molecule has 24 heavy (non-hydrogen) atoms. The highest BCUT2D eigenvalue weighted by molar-refractivity contribution is 7.20. The molecule has 1 fully saturated rings. The highest BCUT2D eigenvalue weighted by Gasteiger charge is 2.23. The maximum atomic E-state index is 12.8. The third-order valence-electron chi connectivity index (χ3n) is 4.60. The van der Waals surface area contributed by atoms with E-state index in [1.165, 1.54) is 10.4 Å². The molecule has 0 N–H and O–H groups in total. The van der Waals surface area contributed by atoms with Crippen LogP contribution in [0.15, 0.2) is 42.6 Å². The maximum Gasteiger partial charge on any atom is 0.264 e. The zero-order chi connectivity index (χ0) is 16.5. The van der Waals surface area contributed by atoms with Crippen LogP contribution in [-0.4, -0.2) is 51.7 Å². The van der Waals surface area contributed by atoms with Crippen LogP contribution in [0.5, 0.6) is 0 Å². The number of amides is 1. The first kappa shape index (κ1) is 15.4. The van der Waals surface area contributed by atoms with Crippen molar-refractivity contribution in [1.82, 2.24) is 19.6 Å². The fourth-order valence-corrected chi connectivity index (χ4v) is 4.17. The van der Waals surface area contributed by atoms with Crippen LogP contribution in [0.1, 0.15) is 15.4 Å². The van der Waals surface area contributed by atoms with Gasteiger partial charge in [-0.2, -0.15) is 5.10 Å². The van der Waals surface area contributed by atoms with Gasteiger partial charge in [-0.1, -0.05) is 18.2 Å². The summed E-state index contributed by atoms with van der Waals surface area (Å²) < 4.78 is 3.09. The highest BCUT2D eigenvalue weighted by Crippen LogP contribution is 2.26. The van der Waals surface area contributed by atoms with Gasteiger partial charge in [-0.15, -0.1) is 11.3 Å². The van der Waals surface area contributed by atoms with Gasteiger partial charge in [0.15, 0.2) is 0 Å². The summed E-state index contributed by atoms with van der Waals surface area (Å²) in [5, 5.41) is 5.37. The average Bonchev–Trinajstić information content (AvgIpc) is 3.21. The third-order valence-corrected chi connectivity index (χ3v) is 5.71. The van der Waals surface area contributed by atoms with Crippen molar-refractivity contribution >= 4 is 27.3 Å². The van der Waals surface area contributed by atoms with Crippen LogP contribution in [0.2, 0.25) is 0 Å². The quantitative estimate of drug-likeness (QED) is 0.736. The van der Waals surface area contributed by atoms with Crippen molar-refractivity contribution in [3.8, 4) is 0 Å². The topological polar surface area (TPSA) is 41.4 Å². The van der Waals surface area contributed by atoms with Crippen molar-refractivity contribution in [3.63, 3.8) is 0 Å². The number of fused-ring (bicyclic) bond motifs is 1. The summed E-state index contributed by atoms with van der Waals surface area (Å²) in [7, 11) is 1.97. The lowest BCUT2D eigenvalue weighted by atomic mass is 10.2. The lowest BCUT2D eigenvalue weighted by Crippen LogP contribution is -2.48. The van der Waals surface area contributed by atoms with Gasteiger partial charge in [0.1, 0.15) is 0 Å². The number of hydrogen-bond donors (Lipinski definition) is 0. The molecule has 0 atom stereocenters. The van der Waals surface area contributed by atoms with E-state index < -0.39 is 0 Å². The third kappa shape index (κ3) is 2.95. The minimum Gasteiger partial charge on any atom is -0.335 e. The molecule has 4 rings (SSSR count). The first-order valence-corrected chi connectivity index (χ1v) is 8.99. The van der Waals surface area contributed by atoms with Crippen LogP contribution >= 0.6 is 11.3 Å². The molecule has 1 amide bonds. The Morgan fingerprint density at radius 2 is 1.96 bits per heavy atom. The standard InChI is InChI=1S/C18H20N4OS/c1-20-15(6-7-19-20)13-21-8-10-22(11-9-21)18(23)17-12-14-4-2-3-5-16(14)24-17/h2-7,12H,8-11,13H2,1H3. The maximum absolute atomic E-state index is 12.8. The summed E-state index contributed by atoms with van der Waals surface area (Å²) in [5.41, 5.74) is 1.21.